The normalized spacial score (nSPS) is 16.7. The summed E-state index contributed by atoms with van der Waals surface area (Å²) in [6.45, 7) is 2.73. The van der Waals surface area contributed by atoms with Crippen LogP contribution in [0.2, 0.25) is 0 Å². The molecule has 1 aromatic heterocycles. The third-order valence-electron chi connectivity index (χ3n) is 2.61. The maximum Gasteiger partial charge on any atom is 0.341 e. The minimum absolute atomic E-state index is 0.106. The van der Waals surface area contributed by atoms with E-state index in [1.807, 2.05) is 4.90 Å². The number of hydrogen-bond acceptors (Lipinski definition) is 6. The van der Waals surface area contributed by atoms with Gasteiger partial charge in [-0.25, -0.2) is 14.8 Å². The quantitative estimate of drug-likeness (QED) is 0.710. The van der Waals surface area contributed by atoms with Gasteiger partial charge in [-0.15, -0.1) is 0 Å². The Kier molecular flexibility index (Phi) is 3.73. The van der Waals surface area contributed by atoms with E-state index in [0.29, 0.717) is 19.0 Å². The second kappa shape index (κ2) is 5.46. The van der Waals surface area contributed by atoms with E-state index in [4.69, 9.17) is 15.6 Å². The lowest BCUT2D eigenvalue weighted by molar-refractivity contribution is -0.130. The Morgan fingerprint density at radius 1 is 1.50 bits per heavy atom. The molecular formula is C11H14N4O3. The Morgan fingerprint density at radius 3 is 2.83 bits per heavy atom. The van der Waals surface area contributed by atoms with Crippen molar-refractivity contribution in [2.45, 2.75) is 0 Å². The number of nitrogens with two attached hydrogens (primary N) is 1. The van der Waals surface area contributed by atoms with Crippen LogP contribution in [0.1, 0.15) is 5.82 Å². The molecule has 1 aromatic rings. The van der Waals surface area contributed by atoms with E-state index in [2.05, 4.69) is 9.97 Å². The van der Waals surface area contributed by atoms with Crippen LogP contribution >= 0.6 is 0 Å². The standard InChI is InChI=1S/C11H14N4O3/c12-7-8(11(16)17)10-13-2-1-9(14-10)15-3-5-18-6-4-15/h1-2,7H,3-6,12H2,(H,16,17)/b8-7+. The van der Waals surface area contributed by atoms with E-state index in [0.717, 1.165) is 19.3 Å². The van der Waals surface area contributed by atoms with Crippen LogP contribution in [-0.4, -0.2) is 47.3 Å². The predicted molar refractivity (Wildman–Crippen MR) is 64.9 cm³/mol. The van der Waals surface area contributed by atoms with Gasteiger partial charge < -0.3 is 20.5 Å². The molecule has 96 valence electrons. The number of nitrogens with zero attached hydrogens (tertiary/aromatic N) is 3. The summed E-state index contributed by atoms with van der Waals surface area (Å²) in [7, 11) is 0. The van der Waals surface area contributed by atoms with Gasteiger partial charge >= 0.3 is 5.97 Å². The average molecular weight is 250 g/mol. The van der Waals surface area contributed by atoms with Crippen LogP contribution < -0.4 is 10.6 Å². The zero-order valence-corrected chi connectivity index (χ0v) is 9.74. The van der Waals surface area contributed by atoms with E-state index < -0.39 is 5.97 Å². The average Bonchev–Trinajstić information content (AvgIpc) is 2.40. The number of aromatic nitrogens is 2. The number of carboxylic acids is 1. The van der Waals surface area contributed by atoms with Gasteiger partial charge in [0, 0.05) is 25.5 Å². The number of hydrogen-bond donors (Lipinski definition) is 2. The highest BCUT2D eigenvalue weighted by molar-refractivity contribution is 6.13. The molecule has 0 spiro atoms. The van der Waals surface area contributed by atoms with Crippen molar-refractivity contribution in [2.75, 3.05) is 31.2 Å². The molecule has 0 radical (unpaired) electrons. The fourth-order valence-electron chi connectivity index (χ4n) is 1.69. The summed E-state index contributed by atoms with van der Waals surface area (Å²) < 4.78 is 5.25. The van der Waals surface area contributed by atoms with Gasteiger partial charge in [-0.05, 0) is 6.07 Å². The molecule has 0 amide bonds. The van der Waals surface area contributed by atoms with Gasteiger partial charge in [0.15, 0.2) is 5.82 Å². The summed E-state index contributed by atoms with van der Waals surface area (Å²) in [6, 6.07) is 1.74. The number of ether oxygens (including phenoxy) is 1. The van der Waals surface area contributed by atoms with Gasteiger partial charge in [-0.3, -0.25) is 0 Å². The molecule has 1 saturated heterocycles. The number of anilines is 1. The van der Waals surface area contributed by atoms with Crippen LogP contribution in [0.15, 0.2) is 18.5 Å². The molecule has 0 saturated carbocycles. The minimum atomic E-state index is -1.14. The Morgan fingerprint density at radius 2 is 2.22 bits per heavy atom. The molecule has 7 nitrogen and oxygen atoms in total. The monoisotopic (exact) mass is 250 g/mol. The first-order valence-corrected chi connectivity index (χ1v) is 5.53. The highest BCUT2D eigenvalue weighted by Gasteiger charge is 2.17. The van der Waals surface area contributed by atoms with Crippen LogP contribution in [0.5, 0.6) is 0 Å². The lowest BCUT2D eigenvalue weighted by Gasteiger charge is -2.27. The number of rotatable bonds is 3. The lowest BCUT2D eigenvalue weighted by atomic mass is 10.2. The summed E-state index contributed by atoms with van der Waals surface area (Å²) in [4.78, 5) is 21.1. The Bertz CT molecular complexity index is 469. The lowest BCUT2D eigenvalue weighted by Crippen LogP contribution is -2.36. The molecule has 2 rings (SSSR count). The van der Waals surface area contributed by atoms with Crippen molar-refractivity contribution >= 4 is 17.4 Å². The van der Waals surface area contributed by atoms with Gasteiger partial charge in [0.25, 0.3) is 0 Å². The van der Waals surface area contributed by atoms with Crippen LogP contribution in [0.25, 0.3) is 5.57 Å². The molecule has 0 atom stereocenters. The molecule has 1 fully saturated rings. The van der Waals surface area contributed by atoms with Crippen molar-refractivity contribution in [1.82, 2.24) is 9.97 Å². The fourth-order valence-corrected chi connectivity index (χ4v) is 1.69. The Labute approximate surface area is 104 Å². The van der Waals surface area contributed by atoms with Crippen molar-refractivity contribution in [1.29, 1.82) is 0 Å². The van der Waals surface area contributed by atoms with Crippen LogP contribution in [-0.2, 0) is 9.53 Å². The van der Waals surface area contributed by atoms with Crippen molar-refractivity contribution in [3.63, 3.8) is 0 Å². The summed E-state index contributed by atoms with van der Waals surface area (Å²) in [5.41, 5.74) is 5.17. The molecule has 1 aliphatic heterocycles. The van der Waals surface area contributed by atoms with Crippen molar-refractivity contribution in [3.05, 3.63) is 24.3 Å². The second-order valence-electron chi connectivity index (χ2n) is 3.72. The van der Waals surface area contributed by atoms with Crippen molar-refractivity contribution in [2.24, 2.45) is 5.73 Å². The topological polar surface area (TPSA) is 102 Å². The molecule has 3 N–H and O–H groups in total. The molecule has 7 heteroatoms. The summed E-state index contributed by atoms with van der Waals surface area (Å²) in [5, 5.41) is 8.97. The first-order valence-electron chi connectivity index (χ1n) is 5.53. The maximum atomic E-state index is 11.0. The molecule has 0 aliphatic carbocycles. The van der Waals surface area contributed by atoms with E-state index >= 15 is 0 Å². The summed E-state index contributed by atoms with van der Waals surface area (Å²) >= 11 is 0. The van der Waals surface area contributed by atoms with Gasteiger partial charge in [0.1, 0.15) is 11.4 Å². The maximum absolute atomic E-state index is 11.0. The van der Waals surface area contributed by atoms with Gasteiger partial charge in [-0.1, -0.05) is 0 Å². The highest BCUT2D eigenvalue weighted by Crippen LogP contribution is 2.15. The summed E-state index contributed by atoms with van der Waals surface area (Å²) in [6.07, 6.45) is 2.53. The molecule has 2 heterocycles. The fraction of sp³-hybridized carbons (Fsp3) is 0.364. The van der Waals surface area contributed by atoms with Crippen molar-refractivity contribution < 1.29 is 14.6 Å². The van der Waals surface area contributed by atoms with Crippen molar-refractivity contribution in [3.8, 4) is 0 Å². The zero-order valence-electron chi connectivity index (χ0n) is 9.74. The minimum Gasteiger partial charge on any atom is -0.477 e. The summed E-state index contributed by atoms with van der Waals surface area (Å²) in [5.74, 6) is -0.338. The predicted octanol–water partition coefficient (Wildman–Crippen LogP) is -0.303. The number of morpholine rings is 1. The Hall–Kier alpha value is -2.15. The highest BCUT2D eigenvalue weighted by atomic mass is 16.5. The number of aliphatic carboxylic acids is 1. The molecular weight excluding hydrogens is 236 g/mol. The third-order valence-corrected chi connectivity index (χ3v) is 2.61. The van der Waals surface area contributed by atoms with Crippen LogP contribution in [0.3, 0.4) is 0 Å². The van der Waals surface area contributed by atoms with E-state index in [9.17, 15) is 4.79 Å². The van der Waals surface area contributed by atoms with E-state index in [1.54, 1.807) is 6.07 Å². The number of carbonyl (C=O) groups is 1. The Balaban J connectivity index is 2.26. The SMILES string of the molecule is N/C=C(/C(=O)O)c1nccc(N2CCOCC2)n1. The molecule has 0 bridgehead atoms. The second-order valence-corrected chi connectivity index (χ2v) is 3.72. The zero-order chi connectivity index (χ0) is 13.0. The molecule has 0 unspecified atom stereocenters. The largest absolute Gasteiger partial charge is 0.477 e. The molecule has 1 aliphatic rings. The van der Waals surface area contributed by atoms with Gasteiger partial charge in [-0.2, -0.15) is 0 Å². The third kappa shape index (κ3) is 2.57. The first kappa shape index (κ1) is 12.3. The first-order chi connectivity index (χ1) is 8.72. The van der Waals surface area contributed by atoms with Crippen LogP contribution in [0, 0.1) is 0 Å². The van der Waals surface area contributed by atoms with E-state index in [-0.39, 0.29) is 11.4 Å². The molecule has 0 aromatic carbocycles. The van der Waals surface area contributed by atoms with Gasteiger partial charge in [0.2, 0.25) is 0 Å². The van der Waals surface area contributed by atoms with Crippen LogP contribution in [0.4, 0.5) is 5.82 Å². The van der Waals surface area contributed by atoms with Gasteiger partial charge in [0.05, 0.1) is 13.2 Å². The smallest absolute Gasteiger partial charge is 0.341 e. The van der Waals surface area contributed by atoms with E-state index in [1.165, 1.54) is 6.20 Å². The number of carboxylic acid groups (broad SMARTS) is 1. The molecule has 18 heavy (non-hydrogen) atoms.